The van der Waals surface area contributed by atoms with Crippen LogP contribution < -0.4 is 0 Å². The van der Waals surface area contributed by atoms with Crippen molar-refractivity contribution in [2.75, 3.05) is 6.54 Å². The first-order valence-electron chi connectivity index (χ1n) is 11.5. The van der Waals surface area contributed by atoms with Crippen LogP contribution in [0.4, 0.5) is 0 Å². The lowest BCUT2D eigenvalue weighted by Gasteiger charge is -2.39. The van der Waals surface area contributed by atoms with Gasteiger partial charge in [-0.15, -0.1) is 0 Å². The van der Waals surface area contributed by atoms with Gasteiger partial charge in [-0.1, -0.05) is 35.9 Å². The van der Waals surface area contributed by atoms with E-state index < -0.39 is 0 Å². The van der Waals surface area contributed by atoms with Crippen molar-refractivity contribution in [2.45, 2.75) is 65.3 Å². The molecule has 3 heteroatoms. The van der Waals surface area contributed by atoms with E-state index in [-0.39, 0.29) is 5.54 Å². The van der Waals surface area contributed by atoms with Gasteiger partial charge in [0.1, 0.15) is 5.82 Å². The summed E-state index contributed by atoms with van der Waals surface area (Å²) in [6.45, 7) is 12.1. The molecular formula is C28H32N3. The Bertz CT molecular complexity index is 1160. The quantitative estimate of drug-likeness (QED) is 0.526. The largest absolute Gasteiger partial charge is 0.358 e. The zero-order valence-electron chi connectivity index (χ0n) is 19.3. The molecule has 3 aromatic rings. The first-order chi connectivity index (χ1) is 14.8. The van der Waals surface area contributed by atoms with E-state index >= 15 is 0 Å². The van der Waals surface area contributed by atoms with Gasteiger partial charge in [-0.25, -0.2) is 4.98 Å². The van der Waals surface area contributed by atoms with Crippen LogP contribution in [-0.4, -0.2) is 21.4 Å². The van der Waals surface area contributed by atoms with Crippen molar-refractivity contribution in [1.29, 1.82) is 0 Å². The predicted octanol–water partition coefficient (Wildman–Crippen LogP) is 6.62. The highest BCUT2D eigenvalue weighted by atomic mass is 15.3. The molecule has 3 nitrogen and oxygen atoms in total. The molecule has 1 fully saturated rings. The Labute approximate surface area is 185 Å². The van der Waals surface area contributed by atoms with E-state index in [4.69, 9.17) is 4.98 Å². The molecule has 2 atom stereocenters. The third kappa shape index (κ3) is 3.40. The third-order valence-corrected chi connectivity index (χ3v) is 7.34. The summed E-state index contributed by atoms with van der Waals surface area (Å²) in [6, 6.07) is 13.4. The Balaban J connectivity index is 1.54. The van der Waals surface area contributed by atoms with E-state index in [1.54, 1.807) is 0 Å². The normalized spacial score (nSPS) is 23.9. The molecule has 2 heterocycles. The number of aryl methyl sites for hydroxylation is 3. The van der Waals surface area contributed by atoms with Crippen LogP contribution in [-0.2, 0) is 5.54 Å². The van der Waals surface area contributed by atoms with Gasteiger partial charge >= 0.3 is 0 Å². The fraction of sp³-hybridized carbons (Fsp3) is 0.393. The van der Waals surface area contributed by atoms with Gasteiger partial charge in [0.2, 0.25) is 0 Å². The van der Waals surface area contributed by atoms with Gasteiger partial charge in [-0.2, -0.15) is 0 Å². The van der Waals surface area contributed by atoms with Crippen molar-refractivity contribution in [3.8, 4) is 0 Å². The molecule has 1 aromatic heterocycles. The number of hydrogen-bond acceptors (Lipinski definition) is 2. The summed E-state index contributed by atoms with van der Waals surface area (Å²) in [5.74, 6) is 1.38. The average Bonchev–Trinajstić information content (AvgIpc) is 3.34. The van der Waals surface area contributed by atoms with E-state index in [0.29, 0.717) is 5.92 Å². The SMILES string of the molecule is CC1=CCC(c2ccc(C)cc2)[C]=C1N1CCC[C@@]1(C)c1nc2cc(C)c(C)cc2[nH]1. The maximum atomic E-state index is 5.07. The first kappa shape index (κ1) is 20.1. The van der Waals surface area contributed by atoms with Crippen LogP contribution in [0.1, 0.15) is 67.1 Å². The minimum atomic E-state index is -0.145. The van der Waals surface area contributed by atoms with Gasteiger partial charge in [-0.3, -0.25) is 0 Å². The molecule has 1 radical (unpaired) electrons. The summed E-state index contributed by atoms with van der Waals surface area (Å²) in [5, 5.41) is 0. The number of hydrogen-bond donors (Lipinski definition) is 1. The lowest BCUT2D eigenvalue weighted by molar-refractivity contribution is 0.197. The van der Waals surface area contributed by atoms with Gasteiger partial charge < -0.3 is 9.88 Å². The second-order valence-electron chi connectivity index (χ2n) is 9.65. The topological polar surface area (TPSA) is 31.9 Å². The second-order valence-corrected chi connectivity index (χ2v) is 9.65. The summed E-state index contributed by atoms with van der Waals surface area (Å²) in [6.07, 6.45) is 9.56. The van der Waals surface area contributed by atoms with Crippen LogP contribution in [0.3, 0.4) is 0 Å². The van der Waals surface area contributed by atoms with Crippen LogP contribution in [0, 0.1) is 26.8 Å². The highest BCUT2D eigenvalue weighted by molar-refractivity contribution is 5.77. The Hall–Kier alpha value is -2.81. The zero-order valence-corrected chi connectivity index (χ0v) is 19.3. The summed E-state index contributed by atoms with van der Waals surface area (Å²) >= 11 is 0. The molecule has 1 aliphatic heterocycles. The van der Waals surface area contributed by atoms with E-state index in [1.807, 2.05) is 0 Å². The Kier molecular flexibility index (Phi) is 4.80. The molecular weight excluding hydrogens is 378 g/mol. The van der Waals surface area contributed by atoms with Crippen molar-refractivity contribution >= 4 is 11.0 Å². The van der Waals surface area contributed by atoms with Gasteiger partial charge in [0.25, 0.3) is 0 Å². The van der Waals surface area contributed by atoms with Gasteiger partial charge in [0, 0.05) is 18.2 Å². The van der Waals surface area contributed by atoms with Crippen molar-refractivity contribution < 1.29 is 0 Å². The summed E-state index contributed by atoms with van der Waals surface area (Å²) in [5.41, 5.74) is 9.90. The Morgan fingerprint density at radius 1 is 1.06 bits per heavy atom. The number of allylic oxidation sites excluding steroid dienone is 3. The molecule has 0 saturated carbocycles. The summed E-state index contributed by atoms with van der Waals surface area (Å²) < 4.78 is 0. The number of aromatic nitrogens is 2. The molecule has 2 aliphatic rings. The number of nitrogens with one attached hydrogen (secondary N) is 1. The van der Waals surface area contributed by atoms with Crippen LogP contribution >= 0.6 is 0 Å². The summed E-state index contributed by atoms with van der Waals surface area (Å²) in [7, 11) is 0. The van der Waals surface area contributed by atoms with E-state index in [9.17, 15) is 0 Å². The Morgan fingerprint density at radius 2 is 1.81 bits per heavy atom. The number of rotatable bonds is 3. The fourth-order valence-electron chi connectivity index (χ4n) is 5.13. The maximum Gasteiger partial charge on any atom is 0.132 e. The molecule has 1 N–H and O–H groups in total. The molecule has 1 aliphatic carbocycles. The van der Waals surface area contributed by atoms with E-state index in [1.165, 1.54) is 39.9 Å². The minimum Gasteiger partial charge on any atom is -0.358 e. The fourth-order valence-corrected chi connectivity index (χ4v) is 5.13. The highest BCUT2D eigenvalue weighted by Gasteiger charge is 2.42. The van der Waals surface area contributed by atoms with Gasteiger partial charge in [0.05, 0.1) is 16.6 Å². The number of aromatic amines is 1. The van der Waals surface area contributed by atoms with Crippen molar-refractivity contribution in [1.82, 2.24) is 14.9 Å². The smallest absolute Gasteiger partial charge is 0.132 e. The lowest BCUT2D eigenvalue weighted by atomic mass is 9.87. The van der Waals surface area contributed by atoms with Crippen molar-refractivity contribution in [2.24, 2.45) is 0 Å². The Morgan fingerprint density at radius 3 is 2.58 bits per heavy atom. The molecule has 2 aromatic carbocycles. The van der Waals surface area contributed by atoms with E-state index in [0.717, 1.165) is 36.2 Å². The molecule has 0 spiro atoms. The van der Waals surface area contributed by atoms with Crippen LogP contribution in [0.2, 0.25) is 0 Å². The number of likely N-dealkylation sites (tertiary alicyclic amines) is 1. The van der Waals surface area contributed by atoms with Crippen LogP contribution in [0.15, 0.2) is 53.7 Å². The third-order valence-electron chi connectivity index (χ3n) is 7.34. The standard InChI is InChI=1S/C28H32N3/c1-18-7-10-22(11-8-18)23-12-9-19(2)26(17-23)31-14-6-13-28(31,5)27-29-24-15-20(3)21(4)16-25(24)30-27/h7-11,15-16,23H,6,12-14H2,1-5H3,(H,29,30)/t23?,28-/m0/s1. The number of imidazole rings is 1. The molecule has 0 bridgehead atoms. The minimum absolute atomic E-state index is 0.145. The molecule has 1 saturated heterocycles. The van der Waals surface area contributed by atoms with Crippen LogP contribution in [0.25, 0.3) is 11.0 Å². The van der Waals surface area contributed by atoms with Gasteiger partial charge in [-0.05, 0) is 94.4 Å². The van der Waals surface area contributed by atoms with Crippen molar-refractivity contribution in [3.63, 3.8) is 0 Å². The molecule has 159 valence electrons. The number of fused-ring (bicyclic) bond motifs is 1. The lowest BCUT2D eigenvalue weighted by Crippen LogP contribution is -2.40. The summed E-state index contributed by atoms with van der Waals surface area (Å²) in [4.78, 5) is 11.3. The second kappa shape index (κ2) is 7.40. The van der Waals surface area contributed by atoms with Crippen molar-refractivity contribution in [3.05, 3.63) is 87.9 Å². The highest BCUT2D eigenvalue weighted by Crippen LogP contribution is 2.44. The monoisotopic (exact) mass is 410 g/mol. The van der Waals surface area contributed by atoms with Gasteiger partial charge in [0.15, 0.2) is 0 Å². The molecule has 5 rings (SSSR count). The molecule has 0 amide bonds. The first-order valence-corrected chi connectivity index (χ1v) is 11.5. The zero-order chi connectivity index (χ0) is 21.8. The maximum absolute atomic E-state index is 5.07. The number of nitrogens with zero attached hydrogens (tertiary/aromatic N) is 2. The molecule has 31 heavy (non-hydrogen) atoms. The number of H-pyrrole nitrogens is 1. The average molecular weight is 411 g/mol. The molecule has 1 unspecified atom stereocenters. The van der Waals surface area contributed by atoms with Crippen LogP contribution in [0.5, 0.6) is 0 Å². The number of benzene rings is 2. The predicted molar refractivity (Wildman–Crippen MR) is 128 cm³/mol. The van der Waals surface area contributed by atoms with E-state index in [2.05, 4.69) is 93.1 Å².